The summed E-state index contributed by atoms with van der Waals surface area (Å²) in [6.07, 6.45) is 4.32. The SMILES string of the molecule is COc1cccc(CC(=O)Nc2ccc3c(c2)C(=O)N2CCCCC2CCO3)c1. The summed E-state index contributed by atoms with van der Waals surface area (Å²) >= 11 is 0. The first-order valence-corrected chi connectivity index (χ1v) is 10.1. The zero-order chi connectivity index (χ0) is 20.2. The van der Waals surface area contributed by atoms with Crippen LogP contribution in [0.4, 0.5) is 5.69 Å². The standard InChI is InChI=1S/C23H26N2O4/c1-28-19-7-4-5-16(13-19)14-22(26)24-17-8-9-21-20(15-17)23(27)25-11-3-2-6-18(25)10-12-29-21/h4-5,7-9,13,15,18H,2-3,6,10-12,14H2,1H3,(H,24,26). The van der Waals surface area contributed by atoms with Crippen molar-refractivity contribution in [2.24, 2.45) is 0 Å². The minimum atomic E-state index is -0.145. The van der Waals surface area contributed by atoms with E-state index in [1.54, 1.807) is 25.3 Å². The lowest BCUT2D eigenvalue weighted by Gasteiger charge is -2.37. The maximum absolute atomic E-state index is 13.1. The van der Waals surface area contributed by atoms with Gasteiger partial charge in [-0.1, -0.05) is 12.1 Å². The van der Waals surface area contributed by atoms with Gasteiger partial charge in [0.05, 0.1) is 25.7 Å². The predicted molar refractivity (Wildman–Crippen MR) is 111 cm³/mol. The van der Waals surface area contributed by atoms with E-state index in [0.29, 0.717) is 23.6 Å². The molecule has 0 saturated carbocycles. The van der Waals surface area contributed by atoms with Gasteiger partial charge < -0.3 is 19.7 Å². The molecular weight excluding hydrogens is 368 g/mol. The van der Waals surface area contributed by atoms with Crippen LogP contribution in [0.3, 0.4) is 0 Å². The van der Waals surface area contributed by atoms with Gasteiger partial charge in [-0.3, -0.25) is 9.59 Å². The number of piperidine rings is 1. The summed E-state index contributed by atoms with van der Waals surface area (Å²) in [5, 5.41) is 2.90. The molecule has 0 radical (unpaired) electrons. The molecule has 1 fully saturated rings. The van der Waals surface area contributed by atoms with Crippen LogP contribution in [-0.2, 0) is 11.2 Å². The quantitative estimate of drug-likeness (QED) is 0.860. The Hall–Kier alpha value is -3.02. The number of carbonyl (C=O) groups is 2. The Morgan fingerprint density at radius 3 is 2.97 bits per heavy atom. The molecule has 152 valence electrons. The van der Waals surface area contributed by atoms with Crippen LogP contribution < -0.4 is 14.8 Å². The smallest absolute Gasteiger partial charge is 0.257 e. The number of amides is 2. The van der Waals surface area contributed by atoms with E-state index in [1.165, 1.54) is 0 Å². The summed E-state index contributed by atoms with van der Waals surface area (Å²) in [5.74, 6) is 1.15. The number of fused-ring (bicyclic) bond motifs is 2. The van der Waals surface area contributed by atoms with Crippen LogP contribution in [0, 0.1) is 0 Å². The summed E-state index contributed by atoms with van der Waals surface area (Å²) in [5.41, 5.74) is 1.99. The van der Waals surface area contributed by atoms with Crippen LogP contribution in [0.2, 0.25) is 0 Å². The number of benzene rings is 2. The highest BCUT2D eigenvalue weighted by atomic mass is 16.5. The fourth-order valence-electron chi connectivity index (χ4n) is 4.10. The third-order valence-corrected chi connectivity index (χ3v) is 5.59. The van der Waals surface area contributed by atoms with Crippen molar-refractivity contribution in [3.8, 4) is 11.5 Å². The fourth-order valence-corrected chi connectivity index (χ4v) is 4.10. The van der Waals surface area contributed by atoms with E-state index in [4.69, 9.17) is 9.47 Å². The van der Waals surface area contributed by atoms with E-state index in [2.05, 4.69) is 5.32 Å². The average Bonchev–Trinajstić information content (AvgIpc) is 2.73. The van der Waals surface area contributed by atoms with Crippen LogP contribution in [0.25, 0.3) is 0 Å². The largest absolute Gasteiger partial charge is 0.497 e. The molecule has 2 heterocycles. The summed E-state index contributed by atoms with van der Waals surface area (Å²) in [7, 11) is 1.60. The van der Waals surface area contributed by atoms with Gasteiger partial charge in [-0.25, -0.2) is 0 Å². The second-order valence-corrected chi connectivity index (χ2v) is 7.57. The van der Waals surface area contributed by atoms with Crippen molar-refractivity contribution in [3.05, 3.63) is 53.6 Å². The van der Waals surface area contributed by atoms with Crippen molar-refractivity contribution in [3.63, 3.8) is 0 Å². The van der Waals surface area contributed by atoms with Gasteiger partial charge in [0.25, 0.3) is 5.91 Å². The van der Waals surface area contributed by atoms with E-state index in [-0.39, 0.29) is 24.3 Å². The Morgan fingerprint density at radius 2 is 2.10 bits per heavy atom. The molecule has 2 aliphatic heterocycles. The molecule has 1 N–H and O–H groups in total. The molecule has 4 rings (SSSR count). The molecule has 0 aromatic heterocycles. The molecule has 1 unspecified atom stereocenters. The van der Waals surface area contributed by atoms with Crippen LogP contribution in [-0.4, -0.2) is 43.0 Å². The maximum atomic E-state index is 13.1. The minimum absolute atomic E-state index is 0.00621. The topological polar surface area (TPSA) is 67.9 Å². The van der Waals surface area contributed by atoms with Crippen LogP contribution >= 0.6 is 0 Å². The molecule has 29 heavy (non-hydrogen) atoms. The molecule has 0 spiro atoms. The van der Waals surface area contributed by atoms with Gasteiger partial charge in [0.1, 0.15) is 11.5 Å². The van der Waals surface area contributed by atoms with Gasteiger partial charge in [-0.2, -0.15) is 0 Å². The average molecular weight is 394 g/mol. The molecule has 6 nitrogen and oxygen atoms in total. The molecule has 2 aromatic carbocycles. The van der Waals surface area contributed by atoms with Crippen molar-refractivity contribution in [2.75, 3.05) is 25.6 Å². The molecule has 0 aliphatic carbocycles. The normalized spacial score (nSPS) is 18.6. The van der Waals surface area contributed by atoms with Crippen molar-refractivity contribution in [1.29, 1.82) is 0 Å². The second-order valence-electron chi connectivity index (χ2n) is 7.57. The van der Waals surface area contributed by atoms with E-state index in [1.807, 2.05) is 29.2 Å². The van der Waals surface area contributed by atoms with Crippen molar-refractivity contribution in [1.82, 2.24) is 4.90 Å². The van der Waals surface area contributed by atoms with Gasteiger partial charge in [0.2, 0.25) is 5.91 Å². The molecular formula is C23H26N2O4. The molecule has 2 aliphatic rings. The Labute approximate surface area is 170 Å². The molecule has 0 bridgehead atoms. The number of hydrogen-bond donors (Lipinski definition) is 1. The maximum Gasteiger partial charge on any atom is 0.257 e. The monoisotopic (exact) mass is 394 g/mol. The lowest BCUT2D eigenvalue weighted by Crippen LogP contribution is -2.45. The van der Waals surface area contributed by atoms with Gasteiger partial charge >= 0.3 is 0 Å². The molecule has 1 atom stereocenters. The van der Waals surface area contributed by atoms with Crippen LogP contribution in [0.5, 0.6) is 11.5 Å². The van der Waals surface area contributed by atoms with Crippen molar-refractivity contribution in [2.45, 2.75) is 38.1 Å². The number of ether oxygens (including phenoxy) is 2. The zero-order valence-corrected chi connectivity index (χ0v) is 16.6. The number of carbonyl (C=O) groups excluding carboxylic acids is 2. The zero-order valence-electron chi connectivity index (χ0n) is 16.6. The Morgan fingerprint density at radius 1 is 1.21 bits per heavy atom. The number of anilines is 1. The molecule has 1 saturated heterocycles. The fraction of sp³-hybridized carbons (Fsp3) is 0.391. The van der Waals surface area contributed by atoms with Gasteiger partial charge in [0, 0.05) is 24.7 Å². The van der Waals surface area contributed by atoms with E-state index in [9.17, 15) is 9.59 Å². The first kappa shape index (κ1) is 19.3. The number of hydrogen-bond acceptors (Lipinski definition) is 4. The van der Waals surface area contributed by atoms with Crippen molar-refractivity contribution < 1.29 is 19.1 Å². The van der Waals surface area contributed by atoms with Gasteiger partial charge in [-0.15, -0.1) is 0 Å². The number of nitrogens with zero attached hydrogens (tertiary/aromatic N) is 1. The number of rotatable bonds is 4. The summed E-state index contributed by atoms with van der Waals surface area (Å²) in [6, 6.07) is 13.0. The summed E-state index contributed by atoms with van der Waals surface area (Å²) in [4.78, 5) is 27.6. The summed E-state index contributed by atoms with van der Waals surface area (Å²) in [6.45, 7) is 1.39. The molecule has 2 amide bonds. The van der Waals surface area contributed by atoms with Crippen LogP contribution in [0.1, 0.15) is 41.6 Å². The lowest BCUT2D eigenvalue weighted by atomic mass is 9.97. The minimum Gasteiger partial charge on any atom is -0.497 e. The lowest BCUT2D eigenvalue weighted by molar-refractivity contribution is -0.115. The predicted octanol–water partition coefficient (Wildman–Crippen LogP) is 3.65. The number of methoxy groups -OCH3 is 1. The van der Waals surface area contributed by atoms with E-state index < -0.39 is 0 Å². The van der Waals surface area contributed by atoms with Gasteiger partial charge in [-0.05, 0) is 55.2 Å². The first-order chi connectivity index (χ1) is 14.1. The van der Waals surface area contributed by atoms with E-state index >= 15 is 0 Å². The highest BCUT2D eigenvalue weighted by Crippen LogP contribution is 2.31. The van der Waals surface area contributed by atoms with E-state index in [0.717, 1.165) is 43.5 Å². The highest BCUT2D eigenvalue weighted by Gasteiger charge is 2.31. The second kappa shape index (κ2) is 8.55. The Balaban J connectivity index is 1.51. The molecule has 2 aromatic rings. The Kier molecular flexibility index (Phi) is 5.69. The van der Waals surface area contributed by atoms with Gasteiger partial charge in [0.15, 0.2) is 0 Å². The van der Waals surface area contributed by atoms with Crippen molar-refractivity contribution >= 4 is 17.5 Å². The summed E-state index contributed by atoms with van der Waals surface area (Å²) < 4.78 is 11.1. The third kappa shape index (κ3) is 4.36. The highest BCUT2D eigenvalue weighted by molar-refractivity contribution is 6.00. The number of nitrogens with one attached hydrogen (secondary N) is 1. The first-order valence-electron chi connectivity index (χ1n) is 10.1. The Bertz CT molecular complexity index is 912. The molecule has 6 heteroatoms. The van der Waals surface area contributed by atoms with Crippen LogP contribution in [0.15, 0.2) is 42.5 Å². The third-order valence-electron chi connectivity index (χ3n) is 5.59.